The SMILES string of the molecule is Cc1ccc(NC(=O)CSC2=Nc3ccccc3C3=N[C@@H](C)C(=O)N23)cc1F. The molecule has 2 aliphatic rings. The van der Waals surface area contributed by atoms with E-state index < -0.39 is 6.04 Å². The molecule has 8 heteroatoms. The number of benzene rings is 2. The molecule has 0 radical (unpaired) electrons. The summed E-state index contributed by atoms with van der Waals surface area (Å²) in [4.78, 5) is 35.3. The molecule has 1 atom stereocenters. The Balaban J connectivity index is 1.52. The second kappa shape index (κ2) is 7.20. The number of hydrogen-bond donors (Lipinski definition) is 1. The van der Waals surface area contributed by atoms with E-state index in [0.29, 0.717) is 27.9 Å². The van der Waals surface area contributed by atoms with E-state index in [-0.39, 0.29) is 23.4 Å². The quantitative estimate of drug-likeness (QED) is 0.863. The van der Waals surface area contributed by atoms with Crippen LogP contribution in [0.4, 0.5) is 15.8 Å². The van der Waals surface area contributed by atoms with Gasteiger partial charge in [0.1, 0.15) is 17.7 Å². The van der Waals surface area contributed by atoms with E-state index in [1.807, 2.05) is 24.3 Å². The van der Waals surface area contributed by atoms with Crippen LogP contribution in [-0.2, 0) is 9.59 Å². The van der Waals surface area contributed by atoms with Crippen LogP contribution in [0.3, 0.4) is 0 Å². The second-order valence-electron chi connectivity index (χ2n) is 6.51. The zero-order valence-corrected chi connectivity index (χ0v) is 16.1. The van der Waals surface area contributed by atoms with Crippen LogP contribution in [0.1, 0.15) is 18.1 Å². The van der Waals surface area contributed by atoms with E-state index in [4.69, 9.17) is 0 Å². The van der Waals surface area contributed by atoms with E-state index >= 15 is 0 Å². The van der Waals surface area contributed by atoms with Gasteiger partial charge in [0.15, 0.2) is 5.17 Å². The second-order valence-corrected chi connectivity index (χ2v) is 7.46. The number of halogens is 1. The number of amidine groups is 2. The third kappa shape index (κ3) is 3.31. The van der Waals surface area contributed by atoms with Crippen LogP contribution in [0, 0.1) is 12.7 Å². The number of rotatable bonds is 3. The van der Waals surface area contributed by atoms with Crippen molar-refractivity contribution in [1.82, 2.24) is 4.90 Å². The van der Waals surface area contributed by atoms with E-state index in [1.165, 1.54) is 11.0 Å². The summed E-state index contributed by atoms with van der Waals surface area (Å²) >= 11 is 1.15. The lowest BCUT2D eigenvalue weighted by Gasteiger charge is -2.25. The molecule has 142 valence electrons. The van der Waals surface area contributed by atoms with E-state index in [1.54, 1.807) is 26.0 Å². The monoisotopic (exact) mass is 396 g/mol. The third-order valence-electron chi connectivity index (χ3n) is 4.45. The summed E-state index contributed by atoms with van der Waals surface area (Å²) in [5.41, 5.74) is 2.40. The molecule has 1 N–H and O–H groups in total. The minimum atomic E-state index is -0.490. The molecule has 0 spiro atoms. The Morgan fingerprint density at radius 3 is 2.86 bits per heavy atom. The van der Waals surface area contributed by atoms with Crippen molar-refractivity contribution in [2.45, 2.75) is 19.9 Å². The van der Waals surface area contributed by atoms with Crippen molar-refractivity contribution < 1.29 is 14.0 Å². The zero-order chi connectivity index (χ0) is 19.8. The first kappa shape index (κ1) is 18.4. The number of fused-ring (bicyclic) bond motifs is 3. The summed E-state index contributed by atoms with van der Waals surface area (Å²) in [5.74, 6) is -0.269. The molecule has 2 aliphatic heterocycles. The molecule has 0 fully saturated rings. The first-order valence-corrected chi connectivity index (χ1v) is 9.71. The van der Waals surface area contributed by atoms with Crippen LogP contribution in [0.2, 0.25) is 0 Å². The minimum Gasteiger partial charge on any atom is -0.325 e. The van der Waals surface area contributed by atoms with Crippen LogP contribution in [-0.4, -0.2) is 39.5 Å². The number of nitrogens with one attached hydrogen (secondary N) is 1. The summed E-state index contributed by atoms with van der Waals surface area (Å²) in [6.45, 7) is 3.39. The normalized spacial score (nSPS) is 17.6. The van der Waals surface area contributed by atoms with E-state index in [0.717, 1.165) is 17.3 Å². The molecule has 0 aliphatic carbocycles. The highest BCUT2D eigenvalue weighted by molar-refractivity contribution is 8.14. The van der Waals surface area contributed by atoms with Gasteiger partial charge in [0.2, 0.25) is 5.91 Å². The van der Waals surface area contributed by atoms with Gasteiger partial charge in [0.25, 0.3) is 5.91 Å². The highest BCUT2D eigenvalue weighted by Crippen LogP contribution is 2.33. The molecule has 0 unspecified atom stereocenters. The molecule has 4 rings (SSSR count). The average Bonchev–Trinajstić information content (AvgIpc) is 2.98. The van der Waals surface area contributed by atoms with Gasteiger partial charge >= 0.3 is 0 Å². The van der Waals surface area contributed by atoms with Gasteiger partial charge in [0, 0.05) is 11.3 Å². The van der Waals surface area contributed by atoms with Crippen LogP contribution in [0.25, 0.3) is 0 Å². The number of thioether (sulfide) groups is 1. The lowest BCUT2D eigenvalue weighted by atomic mass is 10.1. The molecular formula is C20H17FN4O2S. The predicted octanol–water partition coefficient (Wildman–Crippen LogP) is 3.48. The number of aryl methyl sites for hydroxylation is 1. The smallest absolute Gasteiger partial charge is 0.258 e. The summed E-state index contributed by atoms with van der Waals surface area (Å²) in [6, 6.07) is 11.5. The molecule has 0 saturated carbocycles. The number of nitrogens with zero attached hydrogens (tertiary/aromatic N) is 3. The van der Waals surface area contributed by atoms with Crippen LogP contribution in [0.5, 0.6) is 0 Å². The molecule has 2 aromatic rings. The summed E-state index contributed by atoms with van der Waals surface area (Å²) in [5, 5.41) is 3.07. The maximum absolute atomic E-state index is 13.6. The first-order chi connectivity index (χ1) is 13.4. The van der Waals surface area contributed by atoms with Gasteiger partial charge in [-0.15, -0.1) is 0 Å². The van der Waals surface area contributed by atoms with Crippen LogP contribution in [0.15, 0.2) is 52.4 Å². The number of hydrogen-bond acceptors (Lipinski definition) is 5. The van der Waals surface area contributed by atoms with Crippen LogP contribution >= 0.6 is 11.8 Å². The van der Waals surface area contributed by atoms with Gasteiger partial charge < -0.3 is 5.32 Å². The maximum Gasteiger partial charge on any atom is 0.258 e. The van der Waals surface area contributed by atoms with E-state index in [2.05, 4.69) is 15.3 Å². The first-order valence-electron chi connectivity index (χ1n) is 8.72. The molecule has 0 aromatic heterocycles. The Morgan fingerprint density at radius 1 is 1.29 bits per heavy atom. The Bertz CT molecular complexity index is 1050. The number of anilines is 1. The predicted molar refractivity (Wildman–Crippen MR) is 109 cm³/mol. The molecule has 0 bridgehead atoms. The van der Waals surface area contributed by atoms with Gasteiger partial charge in [-0.3, -0.25) is 14.6 Å². The summed E-state index contributed by atoms with van der Waals surface area (Å²) in [7, 11) is 0. The van der Waals surface area contributed by atoms with Crippen LogP contribution < -0.4 is 5.32 Å². The number of aliphatic imine (C=N–C) groups is 2. The Kier molecular flexibility index (Phi) is 4.72. The summed E-state index contributed by atoms with van der Waals surface area (Å²) in [6.07, 6.45) is 0. The Hall–Kier alpha value is -3.00. The van der Waals surface area contributed by atoms with Gasteiger partial charge in [-0.2, -0.15) is 0 Å². The molecule has 6 nitrogen and oxygen atoms in total. The van der Waals surface area contributed by atoms with Crippen molar-refractivity contribution in [3.8, 4) is 0 Å². The van der Waals surface area contributed by atoms with Crippen molar-refractivity contribution >= 4 is 46.0 Å². The van der Waals surface area contributed by atoms with Gasteiger partial charge in [-0.05, 0) is 43.7 Å². The molecule has 2 amide bonds. The molecule has 28 heavy (non-hydrogen) atoms. The molecule has 0 saturated heterocycles. The van der Waals surface area contributed by atoms with Gasteiger partial charge in [-0.25, -0.2) is 14.3 Å². The largest absolute Gasteiger partial charge is 0.325 e. The minimum absolute atomic E-state index is 0.0297. The molecule has 2 aromatic carbocycles. The Morgan fingerprint density at radius 2 is 2.07 bits per heavy atom. The Labute approximate surface area is 165 Å². The average molecular weight is 396 g/mol. The lowest BCUT2D eigenvalue weighted by Crippen LogP contribution is -2.41. The highest BCUT2D eigenvalue weighted by atomic mass is 32.2. The van der Waals surface area contributed by atoms with Crippen molar-refractivity contribution in [1.29, 1.82) is 0 Å². The van der Waals surface area contributed by atoms with Crippen molar-refractivity contribution in [3.63, 3.8) is 0 Å². The fourth-order valence-corrected chi connectivity index (χ4v) is 3.77. The molecular weight excluding hydrogens is 379 g/mol. The number of para-hydroxylation sites is 1. The number of carbonyl (C=O) groups is 2. The highest BCUT2D eigenvalue weighted by Gasteiger charge is 2.39. The van der Waals surface area contributed by atoms with Crippen molar-refractivity contribution in [3.05, 3.63) is 59.4 Å². The van der Waals surface area contributed by atoms with Crippen molar-refractivity contribution in [2.75, 3.05) is 11.1 Å². The molecule has 2 heterocycles. The zero-order valence-electron chi connectivity index (χ0n) is 15.3. The maximum atomic E-state index is 13.6. The number of carbonyl (C=O) groups excluding carboxylic acids is 2. The van der Waals surface area contributed by atoms with Gasteiger partial charge in [-0.1, -0.05) is 30.0 Å². The van der Waals surface area contributed by atoms with E-state index in [9.17, 15) is 14.0 Å². The third-order valence-corrected chi connectivity index (χ3v) is 5.38. The lowest BCUT2D eigenvalue weighted by molar-refractivity contribution is -0.124. The van der Waals surface area contributed by atoms with Gasteiger partial charge in [0.05, 0.1) is 11.4 Å². The topological polar surface area (TPSA) is 74.1 Å². The summed E-state index contributed by atoms with van der Waals surface area (Å²) < 4.78 is 13.6. The number of amides is 2. The standard InChI is InChI=1S/C20H17FN4O2S/c1-11-7-8-13(9-15(11)21)23-17(26)10-28-20-24-16-6-4-3-5-14(16)18-22-12(2)19(27)25(18)20/h3-9,12H,10H2,1-2H3,(H,23,26)/t12-/m0/s1. The van der Waals surface area contributed by atoms with Crippen molar-refractivity contribution in [2.24, 2.45) is 9.98 Å². The fraction of sp³-hybridized carbons (Fsp3) is 0.200. The fourth-order valence-electron chi connectivity index (χ4n) is 2.97.